The van der Waals surface area contributed by atoms with Gasteiger partial charge in [-0.2, -0.15) is 8.42 Å². The summed E-state index contributed by atoms with van der Waals surface area (Å²) >= 11 is 0. The molecule has 0 fully saturated rings. The highest BCUT2D eigenvalue weighted by Crippen LogP contribution is 2.45. The van der Waals surface area contributed by atoms with Crippen molar-refractivity contribution in [2.24, 2.45) is 10.6 Å². The number of anilines is 3. The molecule has 28 heavy (non-hydrogen) atoms. The van der Waals surface area contributed by atoms with Gasteiger partial charge in [0.05, 0.1) is 17.1 Å². The van der Waals surface area contributed by atoms with E-state index in [-0.39, 0.29) is 11.8 Å². The summed E-state index contributed by atoms with van der Waals surface area (Å²) in [7, 11) is -3.99. The molecule has 1 aliphatic rings. The van der Waals surface area contributed by atoms with E-state index in [0.717, 1.165) is 12.0 Å². The summed E-state index contributed by atoms with van der Waals surface area (Å²) in [5, 5.41) is 8.12. The number of rotatable bonds is 5. The van der Waals surface area contributed by atoms with Crippen LogP contribution in [0.25, 0.3) is 0 Å². The third-order valence-corrected chi connectivity index (χ3v) is 5.37. The first kappa shape index (κ1) is 22.2. The molecule has 4 N–H and O–H groups in total. The Balaban J connectivity index is 2.71. The van der Waals surface area contributed by atoms with E-state index in [4.69, 9.17) is 5.14 Å². The molecule has 2 rings (SSSR count). The number of benzene rings is 1. The molecule has 0 spiro atoms. The van der Waals surface area contributed by atoms with Crippen molar-refractivity contribution in [3.8, 4) is 0 Å². The molecular weight excluding hydrogens is 380 g/mol. The molecule has 2 amide bonds. The molecule has 0 saturated carbocycles. The number of nitrogens with two attached hydrogens (primary N) is 1. The van der Waals surface area contributed by atoms with Gasteiger partial charge in [-0.15, -0.1) is 0 Å². The lowest BCUT2D eigenvalue weighted by molar-refractivity contribution is -0.123. The number of nitrogens with one attached hydrogen (secondary N) is 2. The molecule has 0 bridgehead atoms. The van der Waals surface area contributed by atoms with Gasteiger partial charge >= 0.3 is 0 Å². The molecule has 1 aromatic carbocycles. The molecule has 9 heteroatoms. The number of hydrogen-bond donors (Lipinski definition) is 3. The van der Waals surface area contributed by atoms with Gasteiger partial charge in [-0.1, -0.05) is 27.7 Å². The van der Waals surface area contributed by atoms with E-state index >= 15 is 0 Å². The fourth-order valence-corrected chi connectivity index (χ4v) is 3.94. The summed E-state index contributed by atoms with van der Waals surface area (Å²) in [5.41, 5.74) is 2.87. The third kappa shape index (κ3) is 4.47. The van der Waals surface area contributed by atoms with Crippen molar-refractivity contribution in [2.75, 3.05) is 21.5 Å². The summed E-state index contributed by atoms with van der Waals surface area (Å²) in [6.07, 6.45) is 1.70. The van der Waals surface area contributed by atoms with Crippen LogP contribution in [0.15, 0.2) is 0 Å². The van der Waals surface area contributed by atoms with Crippen molar-refractivity contribution >= 4 is 39.1 Å². The molecule has 0 atom stereocenters. The van der Waals surface area contributed by atoms with Crippen LogP contribution in [0, 0.1) is 19.3 Å². The zero-order chi connectivity index (χ0) is 21.4. The highest BCUT2D eigenvalue weighted by atomic mass is 32.2. The zero-order valence-electron chi connectivity index (χ0n) is 17.4. The van der Waals surface area contributed by atoms with Gasteiger partial charge in [-0.05, 0) is 43.4 Å². The molecule has 1 heterocycles. The molecule has 0 aromatic heterocycles. The number of carbonyl (C=O) groups is 2. The summed E-state index contributed by atoms with van der Waals surface area (Å²) in [4.78, 5) is 27.0. The van der Waals surface area contributed by atoms with E-state index in [9.17, 15) is 18.0 Å². The van der Waals surface area contributed by atoms with Crippen LogP contribution in [0.1, 0.15) is 57.2 Å². The molecule has 156 valence electrons. The monoisotopic (exact) mass is 410 g/mol. The van der Waals surface area contributed by atoms with Crippen LogP contribution >= 0.6 is 0 Å². The van der Waals surface area contributed by atoms with Gasteiger partial charge < -0.3 is 10.2 Å². The quantitative estimate of drug-likeness (QED) is 0.690. The number of amides is 2. The normalized spacial score (nSPS) is 14.0. The standard InChI is InChI=1S/C19H30N4O4S/c1-7-8-14(24)23-10-9-13-11(2)15(22-28(20,26)27)12(3)16(17(13)23)21-18(25)19(4,5)6/h22H,7-10H2,1-6H3,(H,21,25)(H2,20,26,27). The average molecular weight is 411 g/mol. The first-order valence-electron chi connectivity index (χ1n) is 9.36. The van der Waals surface area contributed by atoms with E-state index in [1.54, 1.807) is 39.5 Å². The Morgan fingerprint density at radius 1 is 1.14 bits per heavy atom. The summed E-state index contributed by atoms with van der Waals surface area (Å²) in [6, 6.07) is 0. The Hall–Kier alpha value is -2.13. The number of fused-ring (bicyclic) bond motifs is 1. The Morgan fingerprint density at radius 2 is 1.75 bits per heavy atom. The molecule has 1 aromatic rings. The molecule has 8 nitrogen and oxygen atoms in total. The lowest BCUT2D eigenvalue weighted by atomic mass is 9.94. The van der Waals surface area contributed by atoms with Crippen LogP contribution in [-0.2, 0) is 26.2 Å². The maximum atomic E-state index is 12.7. The lowest BCUT2D eigenvalue weighted by Gasteiger charge is -2.27. The van der Waals surface area contributed by atoms with Crippen LogP contribution in [0.3, 0.4) is 0 Å². The van der Waals surface area contributed by atoms with Crippen molar-refractivity contribution in [3.63, 3.8) is 0 Å². The highest BCUT2D eigenvalue weighted by Gasteiger charge is 2.34. The van der Waals surface area contributed by atoms with Crippen LogP contribution in [0.2, 0.25) is 0 Å². The van der Waals surface area contributed by atoms with Gasteiger partial charge in [0.2, 0.25) is 11.8 Å². The van der Waals surface area contributed by atoms with Crippen LogP contribution in [-0.4, -0.2) is 26.8 Å². The molecule has 0 aliphatic carbocycles. The number of carbonyl (C=O) groups excluding carboxylic acids is 2. The van der Waals surface area contributed by atoms with Gasteiger partial charge in [0.1, 0.15) is 0 Å². The van der Waals surface area contributed by atoms with Gasteiger partial charge in [-0.3, -0.25) is 14.3 Å². The van der Waals surface area contributed by atoms with Crippen molar-refractivity contribution in [2.45, 2.75) is 60.8 Å². The fraction of sp³-hybridized carbons (Fsp3) is 0.579. The highest BCUT2D eigenvalue weighted by molar-refractivity contribution is 7.90. The maximum absolute atomic E-state index is 12.7. The Morgan fingerprint density at radius 3 is 2.25 bits per heavy atom. The number of nitrogens with zero attached hydrogens (tertiary/aromatic N) is 1. The molecule has 0 saturated heterocycles. The predicted octanol–water partition coefficient (Wildman–Crippen LogP) is 2.59. The topological polar surface area (TPSA) is 122 Å². The van der Waals surface area contributed by atoms with E-state index < -0.39 is 15.6 Å². The minimum Gasteiger partial charge on any atom is -0.324 e. The van der Waals surface area contributed by atoms with Crippen molar-refractivity contribution < 1.29 is 18.0 Å². The van der Waals surface area contributed by atoms with E-state index in [0.29, 0.717) is 47.6 Å². The predicted molar refractivity (Wildman–Crippen MR) is 112 cm³/mol. The first-order valence-corrected chi connectivity index (χ1v) is 10.9. The second kappa shape index (κ2) is 7.71. The number of hydrogen-bond acceptors (Lipinski definition) is 4. The van der Waals surface area contributed by atoms with Gasteiger partial charge in [0, 0.05) is 18.4 Å². The molecule has 0 unspecified atom stereocenters. The van der Waals surface area contributed by atoms with E-state index in [2.05, 4.69) is 10.0 Å². The smallest absolute Gasteiger partial charge is 0.296 e. The van der Waals surface area contributed by atoms with Crippen molar-refractivity contribution in [1.82, 2.24) is 0 Å². The van der Waals surface area contributed by atoms with E-state index in [1.165, 1.54) is 0 Å². The van der Waals surface area contributed by atoms with Crippen LogP contribution in [0.5, 0.6) is 0 Å². The van der Waals surface area contributed by atoms with Gasteiger partial charge in [0.15, 0.2) is 0 Å². The third-order valence-electron chi connectivity index (χ3n) is 4.88. The van der Waals surface area contributed by atoms with Gasteiger partial charge in [-0.25, -0.2) is 5.14 Å². The van der Waals surface area contributed by atoms with E-state index in [1.807, 2.05) is 6.92 Å². The average Bonchev–Trinajstić information content (AvgIpc) is 2.98. The zero-order valence-corrected chi connectivity index (χ0v) is 18.2. The summed E-state index contributed by atoms with van der Waals surface area (Å²) in [6.45, 7) is 11.3. The fourth-order valence-electron chi connectivity index (χ4n) is 3.35. The summed E-state index contributed by atoms with van der Waals surface area (Å²) in [5.74, 6) is -0.239. The van der Waals surface area contributed by atoms with Gasteiger partial charge in [0.25, 0.3) is 10.2 Å². The Kier molecular flexibility index (Phi) is 6.10. The minimum atomic E-state index is -3.99. The molecular formula is C19H30N4O4S. The Labute approximate surface area is 167 Å². The van der Waals surface area contributed by atoms with Crippen molar-refractivity contribution in [1.29, 1.82) is 0 Å². The second-order valence-corrected chi connectivity index (χ2v) is 9.52. The van der Waals surface area contributed by atoms with Crippen LogP contribution in [0.4, 0.5) is 17.1 Å². The summed E-state index contributed by atoms with van der Waals surface area (Å²) < 4.78 is 25.7. The SMILES string of the molecule is CCCC(=O)N1CCc2c(C)c(NS(N)(=O)=O)c(C)c(NC(=O)C(C)(C)C)c21. The van der Waals surface area contributed by atoms with Crippen molar-refractivity contribution in [3.05, 3.63) is 16.7 Å². The maximum Gasteiger partial charge on any atom is 0.296 e. The Bertz CT molecular complexity index is 917. The second-order valence-electron chi connectivity index (χ2n) is 8.22. The largest absolute Gasteiger partial charge is 0.324 e. The first-order chi connectivity index (χ1) is 12.8. The molecule has 0 radical (unpaired) electrons. The molecule has 1 aliphatic heterocycles. The van der Waals surface area contributed by atoms with Crippen LogP contribution < -0.4 is 20.1 Å². The lowest BCUT2D eigenvalue weighted by Crippen LogP contribution is -2.32. The minimum absolute atomic E-state index is 0.0153.